The highest BCUT2D eigenvalue weighted by atomic mass is 32.1. The monoisotopic (exact) mass is 448 g/mol. The second kappa shape index (κ2) is 6.99. The third-order valence-electron chi connectivity index (χ3n) is 5.08. The molecule has 1 amide bonds. The van der Waals surface area contributed by atoms with Crippen LogP contribution in [0.15, 0.2) is 46.9 Å². The van der Waals surface area contributed by atoms with Gasteiger partial charge in [-0.3, -0.25) is 4.79 Å². The minimum atomic E-state index is -0.397. The lowest BCUT2D eigenvalue weighted by Crippen LogP contribution is -2.14. The number of anilines is 1. The van der Waals surface area contributed by atoms with Crippen molar-refractivity contribution in [2.24, 2.45) is 0 Å². The number of rotatable bonds is 4. The molecular weight excluding hydrogens is 432 g/mol. The van der Waals surface area contributed by atoms with E-state index >= 15 is 0 Å². The number of hydrogen-bond acceptors (Lipinski definition) is 8. The average Bonchev–Trinajstić information content (AvgIpc) is 3.55. The average molecular weight is 448 g/mol. The first-order valence-electron chi connectivity index (χ1n) is 9.74. The molecule has 0 aliphatic carbocycles. The molecule has 9 nitrogen and oxygen atoms in total. The number of ether oxygens (including phenoxy) is 3. The number of benzene rings is 2. The number of aromatic nitrogens is 3. The van der Waals surface area contributed by atoms with Crippen molar-refractivity contribution in [3.8, 4) is 22.4 Å². The van der Waals surface area contributed by atoms with E-state index in [1.807, 2.05) is 31.2 Å². The van der Waals surface area contributed by atoms with E-state index in [9.17, 15) is 4.79 Å². The van der Waals surface area contributed by atoms with Gasteiger partial charge in [0.25, 0.3) is 5.91 Å². The third-order valence-corrected chi connectivity index (χ3v) is 6.07. The first-order chi connectivity index (χ1) is 15.6. The predicted octanol–water partition coefficient (Wildman–Crippen LogP) is 4.53. The Morgan fingerprint density at radius 3 is 2.88 bits per heavy atom. The molecule has 0 atom stereocenters. The summed E-state index contributed by atoms with van der Waals surface area (Å²) < 4.78 is 24.5. The van der Waals surface area contributed by atoms with Gasteiger partial charge in [0, 0.05) is 23.6 Å². The van der Waals surface area contributed by atoms with Crippen molar-refractivity contribution in [1.29, 1.82) is 0 Å². The van der Waals surface area contributed by atoms with Crippen LogP contribution < -0.4 is 19.5 Å². The fraction of sp³-hybridized carbons (Fsp3) is 0.136. The second-order valence-corrected chi connectivity index (χ2v) is 8.20. The van der Waals surface area contributed by atoms with Crippen molar-refractivity contribution in [3.63, 3.8) is 0 Å². The van der Waals surface area contributed by atoms with Gasteiger partial charge < -0.3 is 23.9 Å². The number of amides is 1. The van der Waals surface area contributed by atoms with E-state index in [1.165, 1.54) is 11.3 Å². The Balaban J connectivity index is 1.35. The quantitative estimate of drug-likeness (QED) is 0.431. The fourth-order valence-corrected chi connectivity index (χ4v) is 4.56. The summed E-state index contributed by atoms with van der Waals surface area (Å²) >= 11 is 1.44. The van der Waals surface area contributed by atoms with E-state index in [2.05, 4.69) is 15.4 Å². The van der Waals surface area contributed by atoms with Gasteiger partial charge in [-0.15, -0.1) is 0 Å². The SMILES string of the molecule is COc1cccc2cc(C(=O)Nc3cc(C)nn3-c3nc4cc5c(cc4s3)OCO5)oc12. The Kier molecular flexibility index (Phi) is 4.08. The number of carbonyl (C=O) groups is 1. The zero-order valence-electron chi connectivity index (χ0n) is 17.0. The van der Waals surface area contributed by atoms with Gasteiger partial charge in [-0.05, 0) is 19.1 Å². The highest BCUT2D eigenvalue weighted by molar-refractivity contribution is 7.20. The largest absolute Gasteiger partial charge is 0.493 e. The van der Waals surface area contributed by atoms with Gasteiger partial charge in [-0.2, -0.15) is 9.78 Å². The molecule has 3 aromatic heterocycles. The maximum absolute atomic E-state index is 12.9. The highest BCUT2D eigenvalue weighted by Gasteiger charge is 2.21. The summed E-state index contributed by atoms with van der Waals surface area (Å²) in [6.07, 6.45) is 0. The lowest BCUT2D eigenvalue weighted by Gasteiger charge is -2.04. The van der Waals surface area contributed by atoms with Crippen LogP contribution in [0, 0.1) is 6.92 Å². The van der Waals surface area contributed by atoms with Gasteiger partial charge in [-0.25, -0.2) is 4.98 Å². The van der Waals surface area contributed by atoms with Crippen LogP contribution in [0.1, 0.15) is 16.2 Å². The number of aryl methyl sites for hydroxylation is 1. The molecule has 0 unspecified atom stereocenters. The Morgan fingerprint density at radius 1 is 1.19 bits per heavy atom. The number of para-hydroxylation sites is 1. The van der Waals surface area contributed by atoms with E-state index in [0.29, 0.717) is 33.8 Å². The topological polar surface area (TPSA) is 101 Å². The van der Waals surface area contributed by atoms with Crippen LogP contribution in [-0.4, -0.2) is 34.6 Å². The lowest BCUT2D eigenvalue weighted by molar-refractivity contribution is 0.0998. The molecular formula is C22H16N4O5S. The number of fused-ring (bicyclic) bond motifs is 3. The van der Waals surface area contributed by atoms with E-state index < -0.39 is 5.91 Å². The molecule has 32 heavy (non-hydrogen) atoms. The molecule has 2 aromatic carbocycles. The molecule has 160 valence electrons. The molecule has 6 rings (SSSR count). The van der Waals surface area contributed by atoms with Crippen LogP contribution in [0.2, 0.25) is 0 Å². The first kappa shape index (κ1) is 18.7. The molecule has 5 aromatic rings. The van der Waals surface area contributed by atoms with Crippen LogP contribution in [0.4, 0.5) is 5.82 Å². The number of nitrogens with one attached hydrogen (secondary N) is 1. The number of nitrogens with zero attached hydrogens (tertiary/aromatic N) is 3. The summed E-state index contributed by atoms with van der Waals surface area (Å²) in [5, 5.41) is 8.78. The smallest absolute Gasteiger partial charge is 0.292 e. The minimum absolute atomic E-state index is 0.171. The van der Waals surface area contributed by atoms with Gasteiger partial charge in [0.2, 0.25) is 11.9 Å². The van der Waals surface area contributed by atoms with Gasteiger partial charge in [0.15, 0.2) is 28.6 Å². The molecule has 0 saturated heterocycles. The van der Waals surface area contributed by atoms with Crippen molar-refractivity contribution in [2.75, 3.05) is 19.2 Å². The molecule has 0 radical (unpaired) electrons. The standard InChI is InChI=1S/C22H16N4O5S/c1-11-6-19(24-21(27)17-7-12-4-3-5-14(28-2)20(12)31-17)26(25-11)22-23-13-8-15-16(30-10-29-15)9-18(13)32-22/h3-9H,10H2,1-2H3,(H,24,27). The van der Waals surface area contributed by atoms with Gasteiger partial charge in [0.1, 0.15) is 5.82 Å². The fourth-order valence-electron chi connectivity index (χ4n) is 3.62. The summed E-state index contributed by atoms with van der Waals surface area (Å²) in [5.74, 6) is 2.19. The Labute approximate surface area is 185 Å². The minimum Gasteiger partial charge on any atom is -0.493 e. The molecule has 1 N–H and O–H groups in total. The van der Waals surface area contributed by atoms with Crippen LogP contribution in [0.5, 0.6) is 17.2 Å². The molecule has 4 heterocycles. The zero-order valence-corrected chi connectivity index (χ0v) is 17.9. The Hall–Kier alpha value is -4.05. The number of furan rings is 1. The molecule has 0 spiro atoms. The Morgan fingerprint density at radius 2 is 2.03 bits per heavy atom. The summed E-state index contributed by atoms with van der Waals surface area (Å²) in [5.41, 5.74) is 2.03. The third kappa shape index (κ3) is 2.95. The van der Waals surface area contributed by atoms with Crippen LogP contribution in [0.3, 0.4) is 0 Å². The molecule has 1 aliphatic heterocycles. The molecule has 0 saturated carbocycles. The maximum Gasteiger partial charge on any atom is 0.292 e. The number of thiazole rings is 1. The van der Waals surface area contributed by atoms with Gasteiger partial charge in [-0.1, -0.05) is 23.5 Å². The lowest BCUT2D eigenvalue weighted by atomic mass is 10.2. The molecule has 10 heteroatoms. The van der Waals surface area contributed by atoms with Crippen molar-refractivity contribution in [3.05, 3.63) is 53.9 Å². The van der Waals surface area contributed by atoms with Crippen molar-refractivity contribution in [1.82, 2.24) is 14.8 Å². The van der Waals surface area contributed by atoms with Gasteiger partial charge in [0.05, 0.1) is 23.0 Å². The normalized spacial score (nSPS) is 12.6. The summed E-state index contributed by atoms with van der Waals surface area (Å²) in [7, 11) is 1.56. The first-order valence-corrected chi connectivity index (χ1v) is 10.6. The van der Waals surface area contributed by atoms with E-state index in [4.69, 9.17) is 18.6 Å². The Bertz CT molecular complexity index is 1470. The summed E-state index contributed by atoms with van der Waals surface area (Å²) in [6, 6.07) is 12.7. The van der Waals surface area contributed by atoms with E-state index in [-0.39, 0.29) is 12.6 Å². The van der Waals surface area contributed by atoms with Crippen LogP contribution >= 0.6 is 11.3 Å². The summed E-state index contributed by atoms with van der Waals surface area (Å²) in [6.45, 7) is 2.06. The van der Waals surface area contributed by atoms with Gasteiger partial charge >= 0.3 is 0 Å². The molecule has 0 fully saturated rings. The zero-order chi connectivity index (χ0) is 21.8. The van der Waals surface area contributed by atoms with Crippen molar-refractivity contribution in [2.45, 2.75) is 6.92 Å². The highest BCUT2D eigenvalue weighted by Crippen LogP contribution is 2.39. The predicted molar refractivity (Wildman–Crippen MR) is 118 cm³/mol. The maximum atomic E-state index is 12.9. The second-order valence-electron chi connectivity index (χ2n) is 7.20. The molecule has 1 aliphatic rings. The number of carbonyl (C=O) groups excluding carboxylic acids is 1. The van der Waals surface area contributed by atoms with Crippen molar-refractivity contribution < 1.29 is 23.4 Å². The summed E-state index contributed by atoms with van der Waals surface area (Å²) in [4.78, 5) is 17.6. The van der Waals surface area contributed by atoms with Crippen molar-refractivity contribution >= 4 is 44.2 Å². The van der Waals surface area contributed by atoms with Crippen LogP contribution in [0.25, 0.3) is 26.3 Å². The van der Waals surface area contributed by atoms with E-state index in [0.717, 1.165) is 21.3 Å². The van der Waals surface area contributed by atoms with Crippen LogP contribution in [-0.2, 0) is 0 Å². The molecule has 0 bridgehead atoms. The number of hydrogen-bond donors (Lipinski definition) is 1. The number of methoxy groups -OCH3 is 1. The van der Waals surface area contributed by atoms with E-state index in [1.54, 1.807) is 30.0 Å².